The van der Waals surface area contributed by atoms with Gasteiger partial charge in [0, 0.05) is 17.7 Å². The molecule has 2 heterocycles. The van der Waals surface area contributed by atoms with Gasteiger partial charge in [-0.05, 0) is 30.4 Å². The van der Waals surface area contributed by atoms with E-state index in [9.17, 15) is 9.90 Å². The number of benzene rings is 1. The Kier molecular flexibility index (Phi) is 3.22. The quantitative estimate of drug-likeness (QED) is 0.905. The molecule has 2 aliphatic rings. The first-order valence-corrected chi connectivity index (χ1v) is 7.78. The maximum Gasteiger partial charge on any atom is 0.227 e. The van der Waals surface area contributed by atoms with Crippen molar-refractivity contribution in [3.63, 3.8) is 0 Å². The van der Waals surface area contributed by atoms with Crippen molar-refractivity contribution in [2.75, 3.05) is 6.54 Å². The second kappa shape index (κ2) is 5.25. The Labute approximate surface area is 129 Å². The second-order valence-corrected chi connectivity index (χ2v) is 6.28. The largest absolute Gasteiger partial charge is 0.392 e. The van der Waals surface area contributed by atoms with Crippen molar-refractivity contribution < 1.29 is 9.90 Å². The van der Waals surface area contributed by atoms with Crippen molar-refractivity contribution >= 4 is 5.91 Å². The zero-order valence-corrected chi connectivity index (χ0v) is 12.4. The monoisotopic (exact) mass is 297 g/mol. The van der Waals surface area contributed by atoms with Crippen LogP contribution in [-0.2, 0) is 24.4 Å². The lowest BCUT2D eigenvalue weighted by atomic mass is 9.98. The summed E-state index contributed by atoms with van der Waals surface area (Å²) in [5, 5.41) is 16.8. The standard InChI is InChI=1S/C17H19N3O2/c21-10-12-2-1-3-13(6-12)17-14-7-16(22)20(8-11-4-5-11)9-15(14)18-19-17/h1-3,6,11,21H,4-5,7-10H2,(H,18,19). The third-order valence-electron chi connectivity index (χ3n) is 4.54. The molecule has 1 fully saturated rings. The first-order valence-electron chi connectivity index (χ1n) is 7.78. The minimum Gasteiger partial charge on any atom is -0.392 e. The van der Waals surface area contributed by atoms with Gasteiger partial charge in [0.2, 0.25) is 5.91 Å². The Morgan fingerprint density at radius 2 is 2.23 bits per heavy atom. The predicted octanol–water partition coefficient (Wildman–Crippen LogP) is 1.86. The summed E-state index contributed by atoms with van der Waals surface area (Å²) in [5.41, 5.74) is 4.70. The molecule has 0 unspecified atom stereocenters. The summed E-state index contributed by atoms with van der Waals surface area (Å²) in [5.74, 6) is 0.898. The average molecular weight is 297 g/mol. The van der Waals surface area contributed by atoms with Gasteiger partial charge in [-0.25, -0.2) is 0 Å². The number of nitrogens with one attached hydrogen (secondary N) is 1. The summed E-state index contributed by atoms with van der Waals surface area (Å²) in [6.07, 6.45) is 2.91. The van der Waals surface area contributed by atoms with Crippen molar-refractivity contribution in [3.05, 3.63) is 41.1 Å². The number of rotatable bonds is 4. The molecule has 5 heteroatoms. The van der Waals surface area contributed by atoms with Crippen LogP contribution in [0.15, 0.2) is 24.3 Å². The van der Waals surface area contributed by atoms with Gasteiger partial charge in [0.25, 0.3) is 0 Å². The van der Waals surface area contributed by atoms with E-state index in [-0.39, 0.29) is 12.5 Å². The molecule has 114 valence electrons. The fourth-order valence-corrected chi connectivity index (χ4v) is 3.10. The third kappa shape index (κ3) is 2.41. The van der Waals surface area contributed by atoms with Gasteiger partial charge in [-0.3, -0.25) is 9.89 Å². The molecule has 1 saturated carbocycles. The molecule has 1 aromatic heterocycles. The number of carbonyl (C=O) groups is 1. The fraction of sp³-hybridized carbons (Fsp3) is 0.412. The fourth-order valence-electron chi connectivity index (χ4n) is 3.10. The first-order chi connectivity index (χ1) is 10.7. The van der Waals surface area contributed by atoms with Gasteiger partial charge >= 0.3 is 0 Å². The number of hydrogen-bond acceptors (Lipinski definition) is 3. The number of amides is 1. The third-order valence-corrected chi connectivity index (χ3v) is 4.54. The lowest BCUT2D eigenvalue weighted by Gasteiger charge is -2.26. The van der Waals surface area contributed by atoms with Crippen molar-refractivity contribution in [1.82, 2.24) is 15.1 Å². The Hall–Kier alpha value is -2.14. The lowest BCUT2D eigenvalue weighted by molar-refractivity contribution is -0.132. The molecule has 22 heavy (non-hydrogen) atoms. The minimum atomic E-state index is 0.00848. The minimum absolute atomic E-state index is 0.00848. The summed E-state index contributed by atoms with van der Waals surface area (Å²) < 4.78 is 0. The van der Waals surface area contributed by atoms with Gasteiger partial charge in [0.15, 0.2) is 0 Å². The molecule has 0 radical (unpaired) electrons. The van der Waals surface area contributed by atoms with E-state index < -0.39 is 0 Å². The number of aliphatic hydroxyl groups is 1. The number of fused-ring (bicyclic) bond motifs is 1. The van der Waals surface area contributed by atoms with E-state index in [0.717, 1.165) is 34.6 Å². The number of aliphatic hydroxyl groups excluding tert-OH is 1. The van der Waals surface area contributed by atoms with E-state index in [1.807, 2.05) is 29.2 Å². The summed E-state index contributed by atoms with van der Waals surface area (Å²) in [6, 6.07) is 7.69. The molecule has 0 spiro atoms. The second-order valence-electron chi connectivity index (χ2n) is 6.28. The van der Waals surface area contributed by atoms with Gasteiger partial charge in [-0.2, -0.15) is 5.10 Å². The van der Waals surface area contributed by atoms with Crippen molar-refractivity contribution in [3.8, 4) is 11.3 Å². The van der Waals surface area contributed by atoms with Gasteiger partial charge in [0.05, 0.1) is 31.0 Å². The van der Waals surface area contributed by atoms with Crippen LogP contribution in [0.4, 0.5) is 0 Å². The van der Waals surface area contributed by atoms with Crippen molar-refractivity contribution in [2.45, 2.75) is 32.4 Å². The summed E-state index contributed by atoms with van der Waals surface area (Å²) in [7, 11) is 0. The average Bonchev–Trinajstić information content (AvgIpc) is 3.26. The lowest BCUT2D eigenvalue weighted by Crippen LogP contribution is -2.37. The molecule has 1 aliphatic heterocycles. The van der Waals surface area contributed by atoms with Crippen LogP contribution in [-0.4, -0.2) is 32.7 Å². The van der Waals surface area contributed by atoms with Crippen LogP contribution in [0, 0.1) is 5.92 Å². The molecule has 0 bridgehead atoms. The smallest absolute Gasteiger partial charge is 0.227 e. The van der Waals surface area contributed by atoms with E-state index in [2.05, 4.69) is 10.2 Å². The number of aromatic amines is 1. The maximum absolute atomic E-state index is 12.4. The summed E-state index contributed by atoms with van der Waals surface area (Å²) >= 11 is 0. The van der Waals surface area contributed by atoms with E-state index in [0.29, 0.717) is 18.9 Å². The van der Waals surface area contributed by atoms with Crippen LogP contribution in [0.2, 0.25) is 0 Å². The van der Waals surface area contributed by atoms with Crippen molar-refractivity contribution in [1.29, 1.82) is 0 Å². The SMILES string of the molecule is O=C1Cc2c(-c3cccc(CO)c3)n[nH]c2CN1CC1CC1. The van der Waals surface area contributed by atoms with E-state index >= 15 is 0 Å². The number of H-pyrrole nitrogens is 1. The van der Waals surface area contributed by atoms with Crippen LogP contribution in [0.25, 0.3) is 11.3 Å². The number of hydrogen-bond donors (Lipinski definition) is 2. The molecule has 2 N–H and O–H groups in total. The molecule has 5 nitrogen and oxygen atoms in total. The van der Waals surface area contributed by atoms with Crippen LogP contribution >= 0.6 is 0 Å². The molecule has 1 amide bonds. The highest BCUT2D eigenvalue weighted by molar-refractivity contribution is 5.83. The maximum atomic E-state index is 12.4. The summed E-state index contributed by atoms with van der Waals surface area (Å²) in [6.45, 7) is 1.53. The first kappa shape index (κ1) is 13.5. The molecule has 1 aliphatic carbocycles. The predicted molar refractivity (Wildman–Crippen MR) is 81.8 cm³/mol. The van der Waals surface area contributed by atoms with Crippen molar-refractivity contribution in [2.24, 2.45) is 5.92 Å². The zero-order valence-electron chi connectivity index (χ0n) is 12.4. The van der Waals surface area contributed by atoms with E-state index in [4.69, 9.17) is 0 Å². The number of aromatic nitrogens is 2. The highest BCUT2D eigenvalue weighted by Crippen LogP contribution is 2.33. The number of carbonyl (C=O) groups excluding carboxylic acids is 1. The molecule has 1 aromatic carbocycles. The van der Waals surface area contributed by atoms with Crippen LogP contribution in [0.5, 0.6) is 0 Å². The van der Waals surface area contributed by atoms with E-state index in [1.54, 1.807) is 0 Å². The highest BCUT2D eigenvalue weighted by atomic mass is 16.3. The van der Waals surface area contributed by atoms with E-state index in [1.165, 1.54) is 12.8 Å². The van der Waals surface area contributed by atoms with Gasteiger partial charge < -0.3 is 10.0 Å². The molecule has 4 rings (SSSR count). The number of nitrogens with zero attached hydrogens (tertiary/aromatic N) is 2. The summed E-state index contributed by atoms with van der Waals surface area (Å²) in [4.78, 5) is 14.3. The zero-order chi connectivity index (χ0) is 15.1. The normalized spacial score (nSPS) is 17.7. The van der Waals surface area contributed by atoms with Crippen LogP contribution < -0.4 is 0 Å². The molecular formula is C17H19N3O2. The Balaban J connectivity index is 1.64. The molecule has 0 atom stereocenters. The molecule has 0 saturated heterocycles. The van der Waals surface area contributed by atoms with Crippen LogP contribution in [0.3, 0.4) is 0 Å². The van der Waals surface area contributed by atoms with Gasteiger partial charge in [0.1, 0.15) is 0 Å². The van der Waals surface area contributed by atoms with Gasteiger partial charge in [-0.1, -0.05) is 18.2 Å². The molecule has 2 aromatic rings. The Morgan fingerprint density at radius 3 is 3.00 bits per heavy atom. The Bertz CT molecular complexity index is 718. The molecular weight excluding hydrogens is 278 g/mol. The van der Waals surface area contributed by atoms with Gasteiger partial charge in [-0.15, -0.1) is 0 Å². The Morgan fingerprint density at radius 1 is 1.36 bits per heavy atom. The topological polar surface area (TPSA) is 69.2 Å². The van der Waals surface area contributed by atoms with Crippen LogP contribution in [0.1, 0.15) is 29.7 Å². The highest BCUT2D eigenvalue weighted by Gasteiger charge is 2.32.